The lowest BCUT2D eigenvalue weighted by Gasteiger charge is -2.62. The molecule has 6 nitrogen and oxygen atoms in total. The van der Waals surface area contributed by atoms with Crippen LogP contribution in [0.1, 0.15) is 69.6 Å². The van der Waals surface area contributed by atoms with Gasteiger partial charge in [0.2, 0.25) is 0 Å². The number of pyridine rings is 1. The van der Waals surface area contributed by atoms with Gasteiger partial charge in [-0.1, -0.05) is 157 Å². The highest BCUT2D eigenvalue weighted by Gasteiger charge is 2.58. The number of rotatable bonds is 10. The van der Waals surface area contributed by atoms with Crippen molar-refractivity contribution in [1.82, 2.24) is 14.1 Å². The molecule has 8 aromatic carbocycles. The first kappa shape index (κ1) is 51.2. The van der Waals surface area contributed by atoms with Crippen LogP contribution in [-0.2, 0) is 10.8 Å². The number of ether oxygens (including phenoxy) is 1. The minimum atomic E-state index is -1.74. The molecule has 5 aliphatic rings. The van der Waals surface area contributed by atoms with Crippen molar-refractivity contribution < 1.29 is 4.74 Å². The van der Waals surface area contributed by atoms with E-state index in [0.29, 0.717) is 11.8 Å². The summed E-state index contributed by atoms with van der Waals surface area (Å²) < 4.78 is 12.1. The quantitative estimate of drug-likeness (QED) is 0.128. The fraction of sp³-hybridized carbons (Fsp3) is 0.284. The average molecular weight is 1110 g/mol. The fourth-order valence-electron chi connectivity index (χ4n) is 16.2. The van der Waals surface area contributed by atoms with Crippen LogP contribution in [-0.4, -0.2) is 36.9 Å². The van der Waals surface area contributed by atoms with E-state index < -0.39 is 16.1 Å². The lowest BCUT2D eigenvalue weighted by molar-refractivity contribution is -0.0418. The molecule has 3 aromatic heterocycles. The molecule has 1 aliphatic heterocycles. The van der Waals surface area contributed by atoms with E-state index in [4.69, 9.17) is 9.72 Å². The van der Waals surface area contributed by atoms with E-state index in [-0.39, 0.29) is 10.8 Å². The normalized spacial score (nSPS) is 20.7. The van der Waals surface area contributed by atoms with Crippen LogP contribution in [0.5, 0.6) is 11.5 Å². The number of anilines is 4. The molecule has 11 aromatic rings. The predicted molar refractivity (Wildman–Crippen MR) is 350 cm³/mol. The Labute approximate surface area is 486 Å². The molecule has 0 N–H and O–H groups in total. The summed E-state index contributed by atoms with van der Waals surface area (Å²) in [6.07, 6.45) is 8.69. The van der Waals surface area contributed by atoms with Crippen LogP contribution in [0.25, 0.3) is 55.1 Å². The molecule has 4 saturated carbocycles. The van der Waals surface area contributed by atoms with E-state index in [9.17, 15) is 0 Å². The van der Waals surface area contributed by atoms with E-state index in [1.807, 2.05) is 0 Å². The molecule has 0 unspecified atom stereocenters. The first-order valence-corrected chi connectivity index (χ1v) is 37.2. The minimum Gasteiger partial charge on any atom is -0.457 e. The number of hydrogen-bond donors (Lipinski definition) is 0. The molecule has 8 heteroatoms. The van der Waals surface area contributed by atoms with Crippen LogP contribution in [0, 0.1) is 23.7 Å². The second-order valence-corrected chi connectivity index (χ2v) is 37.9. The first-order chi connectivity index (χ1) is 39.5. The Morgan fingerprint density at radius 3 is 1.60 bits per heavy atom. The number of benzene rings is 8. The molecule has 0 atom stereocenters. The van der Waals surface area contributed by atoms with Crippen molar-refractivity contribution in [3.05, 3.63) is 211 Å². The molecule has 0 saturated heterocycles. The van der Waals surface area contributed by atoms with Gasteiger partial charge < -0.3 is 19.1 Å². The van der Waals surface area contributed by atoms with Gasteiger partial charge in [-0.3, -0.25) is 4.57 Å². The van der Waals surface area contributed by atoms with Crippen molar-refractivity contribution in [2.75, 3.05) is 16.5 Å². The Kier molecular flexibility index (Phi) is 11.7. The van der Waals surface area contributed by atoms with Gasteiger partial charge in [0.15, 0.2) is 0 Å². The maximum Gasteiger partial charge on any atom is 0.137 e. The van der Waals surface area contributed by atoms with Crippen LogP contribution >= 0.6 is 0 Å². The zero-order chi connectivity index (χ0) is 56.0. The lowest BCUT2D eigenvalue weighted by atomic mass is 9.42. The van der Waals surface area contributed by atoms with Crippen molar-refractivity contribution in [2.24, 2.45) is 23.7 Å². The van der Waals surface area contributed by atoms with Crippen LogP contribution in [0.3, 0.4) is 0 Å². The monoisotopic (exact) mass is 1110 g/mol. The highest BCUT2D eigenvalue weighted by atomic mass is 28.3. The number of aromatic nitrogens is 3. The highest BCUT2D eigenvalue weighted by molar-refractivity contribution is 6.93. The van der Waals surface area contributed by atoms with Crippen LogP contribution in [0.4, 0.5) is 22.7 Å². The molecule has 0 amide bonds. The molecule has 82 heavy (non-hydrogen) atoms. The maximum atomic E-state index is 7.21. The van der Waals surface area contributed by atoms with E-state index in [1.54, 1.807) is 0 Å². The summed E-state index contributed by atoms with van der Waals surface area (Å²) in [5, 5.41) is 8.05. The molecule has 4 bridgehead atoms. The van der Waals surface area contributed by atoms with Crippen LogP contribution in [0.15, 0.2) is 194 Å². The number of nitrogens with zero attached hydrogens (tertiary/aromatic N) is 5. The van der Waals surface area contributed by atoms with Gasteiger partial charge in [0.05, 0.1) is 49.6 Å². The second-order valence-electron chi connectivity index (χ2n) is 27.8. The van der Waals surface area contributed by atoms with Gasteiger partial charge in [-0.25, -0.2) is 4.98 Å². The summed E-state index contributed by atoms with van der Waals surface area (Å²) in [5.41, 5.74) is 14.8. The Bertz CT molecular complexity index is 4220. The molecular weight excluding hydrogens is 1030 g/mol. The predicted octanol–water partition coefficient (Wildman–Crippen LogP) is 18.4. The third-order valence-corrected chi connectivity index (χ3v) is 23.7. The smallest absolute Gasteiger partial charge is 0.137 e. The summed E-state index contributed by atoms with van der Waals surface area (Å²) in [6.45, 7) is 22.6. The Morgan fingerprint density at radius 2 is 1.01 bits per heavy atom. The van der Waals surface area contributed by atoms with Crippen LogP contribution in [0.2, 0.25) is 39.3 Å². The summed E-state index contributed by atoms with van der Waals surface area (Å²) in [4.78, 5) is 10.5. The third kappa shape index (κ3) is 8.09. The molecule has 16 rings (SSSR count). The van der Waals surface area contributed by atoms with Crippen molar-refractivity contribution >= 4 is 92.9 Å². The van der Waals surface area contributed by atoms with Gasteiger partial charge in [0.1, 0.15) is 24.0 Å². The fourth-order valence-corrected chi connectivity index (χ4v) is 19.5. The zero-order valence-electron chi connectivity index (χ0n) is 49.2. The number of hydrogen-bond acceptors (Lipinski definition) is 4. The standard InChI is InChI=1S/C74H75N5OSi2/c1-73(2,3)52-42-56(76-47-77(67-26-17-16-25-66(67)76)72-69(81(4,5)6)27-18-28-70(72)82(7,8)9)45-58(43-52)80-57-33-34-62-61-21-12-15-24-65(61)79(68(62)46-57)71-44-51(35-36-75-71)74(53-38-48-37-49(40-53)41-54(74)39-48)50-29-31-55(32-30-50)78-63-22-13-10-19-59(63)60-20-11-14-23-64(60)78/h10-36,42-46,48-49,53-54H,37-41,47H2,1-9H3. The molecule has 4 aliphatic carbocycles. The van der Waals surface area contributed by atoms with E-state index in [2.05, 4.69) is 273 Å². The van der Waals surface area contributed by atoms with Crippen molar-refractivity contribution in [1.29, 1.82) is 0 Å². The molecule has 0 spiro atoms. The number of para-hydroxylation sites is 6. The van der Waals surface area contributed by atoms with Gasteiger partial charge in [0, 0.05) is 62.4 Å². The largest absolute Gasteiger partial charge is 0.457 e. The third-order valence-electron chi connectivity index (χ3n) is 19.7. The van der Waals surface area contributed by atoms with E-state index >= 15 is 0 Å². The summed E-state index contributed by atoms with van der Waals surface area (Å²) in [7, 11) is -3.49. The van der Waals surface area contributed by atoms with Gasteiger partial charge in [-0.15, -0.1) is 0 Å². The van der Waals surface area contributed by atoms with Crippen molar-refractivity contribution in [3.8, 4) is 23.0 Å². The van der Waals surface area contributed by atoms with Gasteiger partial charge >= 0.3 is 0 Å². The summed E-state index contributed by atoms with van der Waals surface area (Å²) in [5.74, 6) is 5.39. The van der Waals surface area contributed by atoms with Crippen molar-refractivity contribution in [2.45, 2.75) is 103 Å². The lowest BCUT2D eigenvalue weighted by Crippen LogP contribution is -2.56. The second kappa shape index (κ2) is 18.7. The molecule has 4 heterocycles. The topological polar surface area (TPSA) is 38.5 Å². The summed E-state index contributed by atoms with van der Waals surface area (Å²) in [6, 6.07) is 71.1. The molecular formula is C74H75N5OSi2. The van der Waals surface area contributed by atoms with E-state index in [0.717, 1.165) is 52.5 Å². The summed E-state index contributed by atoms with van der Waals surface area (Å²) >= 11 is 0. The van der Waals surface area contributed by atoms with E-state index in [1.165, 1.54) is 114 Å². The van der Waals surface area contributed by atoms with Gasteiger partial charge in [-0.2, -0.15) is 0 Å². The molecule has 4 fully saturated rings. The SMILES string of the molecule is CC(C)(C)c1cc(Oc2ccc3c4ccccc4n(-c4cc(C5(c6ccc(-n7c8ccccc8c8ccccc87)cc6)C6CC7CC(C6)CC5C7)ccn4)c3c2)cc(N2CN(c3c([Si](C)(C)C)cccc3[Si](C)(C)C)c3ccccc32)c1. The minimum absolute atomic E-state index is 0.117. The zero-order valence-corrected chi connectivity index (χ0v) is 51.2. The first-order valence-electron chi connectivity index (χ1n) is 30.2. The maximum absolute atomic E-state index is 7.21. The van der Waals surface area contributed by atoms with Gasteiger partial charge in [-0.05, 0) is 167 Å². The molecule has 0 radical (unpaired) electrons. The van der Waals surface area contributed by atoms with Crippen LogP contribution < -0.4 is 24.9 Å². The van der Waals surface area contributed by atoms with Gasteiger partial charge in [0.25, 0.3) is 0 Å². The number of fused-ring (bicyclic) bond motifs is 7. The highest BCUT2D eigenvalue weighted by Crippen LogP contribution is 2.65. The van der Waals surface area contributed by atoms with Crippen molar-refractivity contribution in [3.63, 3.8) is 0 Å². The Morgan fingerprint density at radius 1 is 0.463 bits per heavy atom. The molecule has 410 valence electrons. The Balaban J connectivity index is 0.827. The average Bonchev–Trinajstić information content (AvgIpc) is 3.55. The Hall–Kier alpha value is -7.66.